The average Bonchev–Trinajstić information content (AvgIpc) is 3.29. The second kappa shape index (κ2) is 21.3. The summed E-state index contributed by atoms with van der Waals surface area (Å²) >= 11 is 0. The predicted molar refractivity (Wildman–Crippen MR) is 231 cm³/mol. The minimum absolute atomic E-state index is 0.00828. The molecule has 0 heterocycles. The van der Waals surface area contributed by atoms with E-state index in [0.717, 1.165) is 10.4 Å². The lowest BCUT2D eigenvalue weighted by Gasteiger charge is -2.28. The molecule has 312 valence electrons. The van der Waals surface area contributed by atoms with Crippen molar-refractivity contribution in [1.29, 1.82) is 0 Å². The van der Waals surface area contributed by atoms with Crippen LogP contribution in [0.25, 0.3) is 0 Å². The van der Waals surface area contributed by atoms with Gasteiger partial charge in [-0.05, 0) is 46.9 Å². The Kier molecular flexibility index (Phi) is 15.7. The second-order valence-corrected chi connectivity index (χ2v) is 19.2. The standard InChI is InChI=1S/C22H20N2O6Si.C21H20N2O6Si/c1-2-31(20-12-4-3-5-13-20,29-16-18-10-6-8-14-21(18)23(25)26)30-17-19-11-7-9-15-22(19)24(27)28;1-30(19-11-3-2-4-12-19,28-15-17-9-5-7-13-20(17)22(24)25)29-16-18-10-6-8-14-21(18)23(26)27/h2-15H,1,16-17H2;2-14H,15-16H2,1H3. The van der Waals surface area contributed by atoms with Crippen LogP contribution in [0, 0.1) is 40.5 Å². The van der Waals surface area contributed by atoms with Gasteiger partial charge in [-0.25, -0.2) is 0 Å². The van der Waals surface area contributed by atoms with E-state index in [-0.39, 0.29) is 49.2 Å². The minimum Gasteiger partial charge on any atom is -0.386 e. The van der Waals surface area contributed by atoms with Gasteiger partial charge in [0.2, 0.25) is 0 Å². The molecule has 0 unspecified atom stereocenters. The Morgan fingerprint density at radius 2 is 0.689 bits per heavy atom. The molecule has 0 aliphatic rings. The van der Waals surface area contributed by atoms with Crippen molar-refractivity contribution in [3.8, 4) is 0 Å². The van der Waals surface area contributed by atoms with Crippen LogP contribution in [0.15, 0.2) is 170 Å². The van der Waals surface area contributed by atoms with Gasteiger partial charge in [-0.15, -0.1) is 6.58 Å². The van der Waals surface area contributed by atoms with Crippen LogP contribution in [0.4, 0.5) is 22.7 Å². The quantitative estimate of drug-likeness (QED) is 0.0426. The van der Waals surface area contributed by atoms with Gasteiger partial charge in [-0.3, -0.25) is 40.5 Å². The van der Waals surface area contributed by atoms with Crippen LogP contribution in [0.1, 0.15) is 22.3 Å². The van der Waals surface area contributed by atoms with Crippen molar-refractivity contribution in [3.05, 3.63) is 233 Å². The maximum absolute atomic E-state index is 11.3. The maximum atomic E-state index is 11.3. The van der Waals surface area contributed by atoms with Gasteiger partial charge in [0.05, 0.1) is 68.4 Å². The molecule has 0 saturated carbocycles. The summed E-state index contributed by atoms with van der Waals surface area (Å²) in [5.41, 5.74) is 3.08. The molecule has 0 saturated heterocycles. The highest BCUT2D eigenvalue weighted by atomic mass is 28.4. The molecule has 0 aliphatic carbocycles. The van der Waals surface area contributed by atoms with Crippen LogP contribution >= 0.6 is 0 Å². The molecule has 0 aromatic heterocycles. The monoisotopic (exact) mass is 860 g/mol. The third-order valence-electron chi connectivity index (χ3n) is 9.39. The van der Waals surface area contributed by atoms with Crippen molar-refractivity contribution in [2.45, 2.75) is 33.0 Å². The van der Waals surface area contributed by atoms with Crippen LogP contribution < -0.4 is 10.4 Å². The smallest absolute Gasteiger partial charge is 0.386 e. The van der Waals surface area contributed by atoms with E-state index in [1.165, 1.54) is 24.3 Å². The number of hydrogen-bond acceptors (Lipinski definition) is 12. The van der Waals surface area contributed by atoms with Crippen molar-refractivity contribution in [2.75, 3.05) is 0 Å². The van der Waals surface area contributed by atoms with Crippen molar-refractivity contribution in [3.63, 3.8) is 0 Å². The van der Waals surface area contributed by atoms with E-state index in [1.807, 2.05) is 67.2 Å². The molecule has 0 radical (unpaired) electrons. The summed E-state index contributed by atoms with van der Waals surface area (Å²) in [7, 11) is -6.36. The van der Waals surface area contributed by atoms with Crippen LogP contribution in [0.3, 0.4) is 0 Å². The van der Waals surface area contributed by atoms with Crippen LogP contribution in [0.2, 0.25) is 6.55 Å². The molecule has 61 heavy (non-hydrogen) atoms. The van der Waals surface area contributed by atoms with Crippen molar-refractivity contribution in [2.24, 2.45) is 0 Å². The Morgan fingerprint density at radius 3 is 0.984 bits per heavy atom. The number of nitrogens with zero attached hydrogens (tertiary/aromatic N) is 4. The molecule has 0 aliphatic heterocycles. The topological polar surface area (TPSA) is 209 Å². The molecule has 16 nitrogen and oxygen atoms in total. The Hall–Kier alpha value is -7.07. The number of nitro groups is 4. The number of benzene rings is 6. The molecule has 0 amide bonds. The highest BCUT2D eigenvalue weighted by molar-refractivity contribution is 6.85. The molecular formula is C43H40N4O12Si2. The van der Waals surface area contributed by atoms with E-state index < -0.39 is 36.8 Å². The Morgan fingerprint density at radius 1 is 0.426 bits per heavy atom. The van der Waals surface area contributed by atoms with Gasteiger partial charge in [-0.2, -0.15) is 0 Å². The molecule has 0 N–H and O–H groups in total. The molecule has 6 rings (SSSR count). The first-order chi connectivity index (χ1) is 29.4. The summed E-state index contributed by atoms with van der Waals surface area (Å²) in [6.07, 6.45) is 0. The van der Waals surface area contributed by atoms with Crippen molar-refractivity contribution >= 4 is 50.2 Å². The third kappa shape index (κ3) is 11.8. The minimum atomic E-state index is -3.31. The molecule has 18 heteroatoms. The van der Waals surface area contributed by atoms with Crippen molar-refractivity contribution < 1.29 is 37.4 Å². The number of rotatable bonds is 19. The molecular weight excluding hydrogens is 821 g/mol. The molecule has 0 atom stereocenters. The lowest BCUT2D eigenvalue weighted by molar-refractivity contribution is -0.386. The van der Waals surface area contributed by atoms with Gasteiger partial charge in [0.25, 0.3) is 22.7 Å². The summed E-state index contributed by atoms with van der Waals surface area (Å²) < 4.78 is 24.7. The normalized spacial score (nSPS) is 11.2. The SMILES string of the molecule is C=C[Si](OCc1ccccc1[N+](=O)[O-])(OCc1ccccc1[N+](=O)[O-])c1ccccc1.C[Si](OCc1ccccc1[N+](=O)[O-])(OCc1ccccc1[N+](=O)[O-])c1ccccc1. The zero-order valence-electron chi connectivity index (χ0n) is 32.8. The fraction of sp³-hybridized carbons (Fsp3) is 0.116. The Labute approximate surface area is 352 Å². The molecule has 6 aromatic rings. The van der Waals surface area contributed by atoms with Crippen molar-refractivity contribution in [1.82, 2.24) is 0 Å². The fourth-order valence-corrected chi connectivity index (χ4v) is 10.5. The van der Waals surface area contributed by atoms with Crippen LogP contribution in [-0.4, -0.2) is 36.8 Å². The summed E-state index contributed by atoms with van der Waals surface area (Å²) in [4.78, 5) is 43.4. The lowest BCUT2D eigenvalue weighted by atomic mass is 10.2. The zero-order chi connectivity index (χ0) is 43.8. The fourth-order valence-electron chi connectivity index (χ4n) is 6.11. The first kappa shape index (κ1) is 45.0. The number of nitro benzene ring substituents is 4. The summed E-state index contributed by atoms with van der Waals surface area (Å²) in [5.74, 6) is 0. The van der Waals surface area contributed by atoms with Gasteiger partial charge in [0.15, 0.2) is 0 Å². The second-order valence-electron chi connectivity index (χ2n) is 13.2. The van der Waals surface area contributed by atoms with E-state index >= 15 is 0 Å². The van der Waals surface area contributed by atoms with Gasteiger partial charge in [0.1, 0.15) is 0 Å². The van der Waals surface area contributed by atoms with Gasteiger partial charge >= 0.3 is 17.1 Å². The Bertz CT molecular complexity index is 2350. The number of para-hydroxylation sites is 4. The highest BCUT2D eigenvalue weighted by Gasteiger charge is 2.39. The average molecular weight is 861 g/mol. The van der Waals surface area contributed by atoms with E-state index in [4.69, 9.17) is 17.7 Å². The van der Waals surface area contributed by atoms with E-state index in [2.05, 4.69) is 6.58 Å². The first-order valence-corrected chi connectivity index (χ1v) is 22.8. The van der Waals surface area contributed by atoms with E-state index in [0.29, 0.717) is 22.3 Å². The third-order valence-corrected chi connectivity index (χ3v) is 15.0. The molecule has 0 spiro atoms. The number of hydrogen-bond donors (Lipinski definition) is 0. The van der Waals surface area contributed by atoms with Gasteiger partial charge < -0.3 is 17.7 Å². The highest BCUT2D eigenvalue weighted by Crippen LogP contribution is 2.26. The van der Waals surface area contributed by atoms with E-state index in [1.54, 1.807) is 78.5 Å². The van der Waals surface area contributed by atoms with Crippen LogP contribution in [0.5, 0.6) is 0 Å². The molecule has 0 fully saturated rings. The van der Waals surface area contributed by atoms with Crippen LogP contribution in [-0.2, 0) is 44.1 Å². The van der Waals surface area contributed by atoms with Gasteiger partial charge in [0, 0.05) is 24.3 Å². The Balaban J connectivity index is 0.000000231. The largest absolute Gasteiger partial charge is 0.399 e. The molecule has 6 aromatic carbocycles. The summed E-state index contributed by atoms with van der Waals surface area (Å²) in [6, 6.07) is 43.8. The van der Waals surface area contributed by atoms with E-state index in [9.17, 15) is 40.5 Å². The molecule has 0 bridgehead atoms. The summed E-state index contributed by atoms with van der Waals surface area (Å²) in [6.45, 7) is 5.57. The zero-order valence-corrected chi connectivity index (χ0v) is 34.8. The summed E-state index contributed by atoms with van der Waals surface area (Å²) in [5, 5.41) is 46.8. The lowest BCUT2D eigenvalue weighted by Crippen LogP contribution is -2.52. The van der Waals surface area contributed by atoms with Gasteiger partial charge in [-0.1, -0.05) is 109 Å². The predicted octanol–water partition coefficient (Wildman–Crippen LogP) is 8.53. The first-order valence-electron chi connectivity index (χ1n) is 18.6. The maximum Gasteiger partial charge on any atom is 0.399 e.